The average molecular weight is 393 g/mol. The van der Waals surface area contributed by atoms with Crippen molar-refractivity contribution in [2.45, 2.75) is 64.3 Å². The number of hydrogen-bond acceptors (Lipinski definition) is 6. The van der Waals surface area contributed by atoms with Gasteiger partial charge in [-0.1, -0.05) is 12.1 Å². The number of methoxy groups -OCH3 is 1. The first-order valence-corrected chi connectivity index (χ1v) is 9.53. The van der Waals surface area contributed by atoms with E-state index in [1.165, 1.54) is 12.0 Å². The maximum absolute atomic E-state index is 12.3. The number of nitrogens with zero attached hydrogens (tertiary/aromatic N) is 1. The largest absolute Gasteiger partial charge is 0.487 e. The zero-order chi connectivity index (χ0) is 20.9. The van der Waals surface area contributed by atoms with Gasteiger partial charge in [-0.3, -0.25) is 4.79 Å². The number of carbonyl (C=O) groups is 2. The lowest BCUT2D eigenvalue weighted by molar-refractivity contribution is -0.140. The highest BCUT2D eigenvalue weighted by molar-refractivity contribution is 5.69. The van der Waals surface area contributed by atoms with Gasteiger partial charge in [0.25, 0.3) is 0 Å². The molecule has 28 heavy (non-hydrogen) atoms. The normalized spacial score (nSPS) is 22.5. The third-order valence-electron chi connectivity index (χ3n) is 4.56. The van der Waals surface area contributed by atoms with Crippen LogP contribution in [0.15, 0.2) is 24.3 Å². The zero-order valence-electron chi connectivity index (χ0n) is 17.4. The van der Waals surface area contributed by atoms with Gasteiger partial charge in [-0.25, -0.2) is 4.79 Å². The van der Waals surface area contributed by atoms with Crippen molar-refractivity contribution in [1.82, 2.24) is 4.90 Å². The van der Waals surface area contributed by atoms with Crippen molar-refractivity contribution in [3.8, 4) is 5.75 Å². The van der Waals surface area contributed by atoms with Crippen LogP contribution >= 0.6 is 0 Å². The molecule has 0 saturated carbocycles. The van der Waals surface area contributed by atoms with Crippen molar-refractivity contribution < 1.29 is 28.9 Å². The van der Waals surface area contributed by atoms with Crippen molar-refractivity contribution in [3.05, 3.63) is 29.8 Å². The summed E-state index contributed by atoms with van der Waals surface area (Å²) >= 11 is 0. The third kappa shape index (κ3) is 6.41. The van der Waals surface area contributed by atoms with Gasteiger partial charge in [0.1, 0.15) is 23.1 Å². The van der Waals surface area contributed by atoms with E-state index in [-0.39, 0.29) is 12.5 Å². The molecule has 0 aromatic heterocycles. The molecule has 1 aliphatic heterocycles. The minimum Gasteiger partial charge on any atom is -0.487 e. The number of ether oxygens (including phenoxy) is 3. The van der Waals surface area contributed by atoms with Gasteiger partial charge in [0.15, 0.2) is 0 Å². The van der Waals surface area contributed by atoms with E-state index in [0.717, 1.165) is 5.56 Å². The number of aliphatic hydroxyl groups is 1. The summed E-state index contributed by atoms with van der Waals surface area (Å²) in [5.74, 6) is 0.394. The molecular weight excluding hydrogens is 362 g/mol. The van der Waals surface area contributed by atoms with Gasteiger partial charge in [0.05, 0.1) is 13.7 Å². The Labute approximate surface area is 166 Å². The van der Waals surface area contributed by atoms with Crippen LogP contribution in [-0.2, 0) is 20.7 Å². The number of amides is 1. The molecule has 1 heterocycles. The Morgan fingerprint density at radius 3 is 2.43 bits per heavy atom. The standard InChI is InChI=1S/C21H31NO6/c1-20(2,3)28-19(24)22-13-12-17(21(4,25)14-22)27-16-9-6-15(7-10-16)8-11-18(23)26-5/h6-7,9-10,17,25H,8,11-14H2,1-5H3/t17-,21-/m0/s1. The summed E-state index contributed by atoms with van der Waals surface area (Å²) in [4.78, 5) is 25.0. The number of hydrogen-bond donors (Lipinski definition) is 1. The number of esters is 1. The van der Waals surface area contributed by atoms with Gasteiger partial charge < -0.3 is 24.2 Å². The molecule has 1 aliphatic rings. The van der Waals surface area contributed by atoms with E-state index in [1.807, 2.05) is 45.0 Å². The highest BCUT2D eigenvalue weighted by Gasteiger charge is 2.42. The average Bonchev–Trinajstić information content (AvgIpc) is 2.60. The number of β-amino-alcohol motifs (C(OH)–C–C–N with tert-alkyl or cyclic N) is 1. The fraction of sp³-hybridized carbons (Fsp3) is 0.619. The Kier molecular flexibility index (Phi) is 6.93. The number of rotatable bonds is 5. The Morgan fingerprint density at radius 1 is 1.25 bits per heavy atom. The van der Waals surface area contributed by atoms with Crippen LogP contribution in [0.2, 0.25) is 0 Å². The predicted octanol–water partition coefficient (Wildman–Crippen LogP) is 2.93. The van der Waals surface area contributed by atoms with E-state index in [2.05, 4.69) is 4.74 Å². The van der Waals surface area contributed by atoms with E-state index in [0.29, 0.717) is 31.6 Å². The van der Waals surface area contributed by atoms with Crippen LogP contribution in [0.1, 0.15) is 46.1 Å². The van der Waals surface area contributed by atoms with E-state index < -0.39 is 23.4 Å². The Bertz CT molecular complexity index is 677. The van der Waals surface area contributed by atoms with E-state index >= 15 is 0 Å². The topological polar surface area (TPSA) is 85.3 Å². The summed E-state index contributed by atoms with van der Waals surface area (Å²) < 4.78 is 16.0. The molecule has 0 bridgehead atoms. The van der Waals surface area contributed by atoms with Crippen LogP contribution < -0.4 is 4.74 Å². The smallest absolute Gasteiger partial charge is 0.410 e. The molecule has 1 saturated heterocycles. The molecule has 1 amide bonds. The third-order valence-corrected chi connectivity index (χ3v) is 4.56. The Morgan fingerprint density at radius 2 is 1.89 bits per heavy atom. The van der Waals surface area contributed by atoms with Gasteiger partial charge in [0.2, 0.25) is 0 Å². The molecule has 0 radical (unpaired) electrons. The maximum Gasteiger partial charge on any atom is 0.410 e. The number of aryl methyl sites for hydroxylation is 1. The molecule has 0 aliphatic carbocycles. The first-order chi connectivity index (χ1) is 13.0. The van der Waals surface area contributed by atoms with Gasteiger partial charge in [0, 0.05) is 19.4 Å². The fourth-order valence-corrected chi connectivity index (χ4v) is 3.07. The molecule has 1 N–H and O–H groups in total. The lowest BCUT2D eigenvalue weighted by Crippen LogP contribution is -2.58. The SMILES string of the molecule is COC(=O)CCc1ccc(O[C@H]2CCN(C(=O)OC(C)(C)C)C[C@]2(C)O)cc1. The highest BCUT2D eigenvalue weighted by atomic mass is 16.6. The molecular formula is C21H31NO6. The van der Waals surface area contributed by atoms with Crippen LogP contribution in [-0.4, -0.2) is 59.6 Å². The summed E-state index contributed by atoms with van der Waals surface area (Å²) in [6.45, 7) is 7.70. The Hall–Kier alpha value is -2.28. The van der Waals surface area contributed by atoms with E-state index in [1.54, 1.807) is 6.92 Å². The molecule has 1 aromatic rings. The predicted molar refractivity (Wildman–Crippen MR) is 104 cm³/mol. The van der Waals surface area contributed by atoms with Crippen LogP contribution in [0.3, 0.4) is 0 Å². The van der Waals surface area contributed by atoms with Crippen molar-refractivity contribution in [1.29, 1.82) is 0 Å². The molecule has 7 heteroatoms. The molecule has 2 rings (SSSR count). The first kappa shape index (κ1) is 22.0. The maximum atomic E-state index is 12.3. The molecule has 1 aromatic carbocycles. The first-order valence-electron chi connectivity index (χ1n) is 9.53. The molecule has 0 spiro atoms. The van der Waals surface area contributed by atoms with Crippen LogP contribution in [0.5, 0.6) is 5.75 Å². The summed E-state index contributed by atoms with van der Waals surface area (Å²) in [6, 6.07) is 7.43. The second-order valence-corrected chi connectivity index (χ2v) is 8.37. The van der Waals surface area contributed by atoms with Crippen molar-refractivity contribution >= 4 is 12.1 Å². The summed E-state index contributed by atoms with van der Waals surface area (Å²) in [5, 5.41) is 10.8. The van der Waals surface area contributed by atoms with Crippen molar-refractivity contribution in [2.75, 3.05) is 20.2 Å². The lowest BCUT2D eigenvalue weighted by atomic mass is 9.91. The number of benzene rings is 1. The zero-order valence-corrected chi connectivity index (χ0v) is 17.4. The summed E-state index contributed by atoms with van der Waals surface area (Å²) in [6.07, 6.45) is 0.553. The lowest BCUT2D eigenvalue weighted by Gasteiger charge is -2.42. The number of piperidine rings is 1. The molecule has 0 unspecified atom stereocenters. The van der Waals surface area contributed by atoms with Crippen LogP contribution in [0, 0.1) is 0 Å². The van der Waals surface area contributed by atoms with Crippen molar-refractivity contribution in [3.63, 3.8) is 0 Å². The second kappa shape index (κ2) is 8.82. The molecule has 156 valence electrons. The van der Waals surface area contributed by atoms with Gasteiger partial charge >= 0.3 is 12.1 Å². The van der Waals surface area contributed by atoms with Gasteiger partial charge in [-0.2, -0.15) is 0 Å². The van der Waals surface area contributed by atoms with Crippen LogP contribution in [0.4, 0.5) is 4.79 Å². The van der Waals surface area contributed by atoms with Gasteiger partial charge in [-0.05, 0) is 51.8 Å². The minimum atomic E-state index is -1.20. The Balaban J connectivity index is 1.92. The second-order valence-electron chi connectivity index (χ2n) is 8.37. The number of likely N-dealkylation sites (tertiary alicyclic amines) is 1. The van der Waals surface area contributed by atoms with Crippen molar-refractivity contribution in [2.24, 2.45) is 0 Å². The monoisotopic (exact) mass is 393 g/mol. The molecule has 2 atom stereocenters. The van der Waals surface area contributed by atoms with Crippen LogP contribution in [0.25, 0.3) is 0 Å². The van der Waals surface area contributed by atoms with E-state index in [9.17, 15) is 14.7 Å². The highest BCUT2D eigenvalue weighted by Crippen LogP contribution is 2.27. The summed E-state index contributed by atoms with van der Waals surface area (Å²) in [5.41, 5.74) is -0.769. The molecule has 1 fully saturated rings. The number of carbonyl (C=O) groups excluding carboxylic acids is 2. The quantitative estimate of drug-likeness (QED) is 0.774. The molecule has 7 nitrogen and oxygen atoms in total. The summed E-state index contributed by atoms with van der Waals surface area (Å²) in [7, 11) is 1.37. The van der Waals surface area contributed by atoms with Gasteiger partial charge in [-0.15, -0.1) is 0 Å². The minimum absolute atomic E-state index is 0.143. The van der Waals surface area contributed by atoms with E-state index in [4.69, 9.17) is 9.47 Å². The fourth-order valence-electron chi connectivity index (χ4n) is 3.07.